The summed E-state index contributed by atoms with van der Waals surface area (Å²) >= 11 is 0. The van der Waals surface area contributed by atoms with E-state index in [1.54, 1.807) is 0 Å². The predicted octanol–water partition coefficient (Wildman–Crippen LogP) is 0.877. The maximum Gasteiger partial charge on any atom is 0.288 e. The highest BCUT2D eigenvalue weighted by atomic mass is 16.5. The zero-order valence-corrected chi connectivity index (χ0v) is 7.10. The molecule has 0 amide bonds. The van der Waals surface area contributed by atoms with Crippen LogP contribution in [-0.2, 0) is 0 Å². The quantitative estimate of drug-likeness (QED) is 0.478. The first-order chi connectivity index (χ1) is 6.31. The molecule has 1 aromatic heterocycles. The number of hydrogen-bond donors (Lipinski definition) is 0. The summed E-state index contributed by atoms with van der Waals surface area (Å²) < 4.78 is 4.98. The maximum atomic E-state index is 11.0. The van der Waals surface area contributed by atoms with Crippen LogP contribution in [0.3, 0.4) is 0 Å². The summed E-state index contributed by atoms with van der Waals surface area (Å²) in [6.45, 7) is 0. The van der Waals surface area contributed by atoms with E-state index in [1.165, 1.54) is 13.3 Å². The van der Waals surface area contributed by atoms with Gasteiger partial charge in [0.05, 0.1) is 23.0 Å². The number of ether oxygens (including phenoxy) is 1. The summed E-state index contributed by atoms with van der Waals surface area (Å²) in [6, 6.07) is 7.44. The Kier molecular flexibility index (Phi) is 1.73. The third-order valence-electron chi connectivity index (χ3n) is 1.82. The second-order valence-electron chi connectivity index (χ2n) is 2.63. The molecule has 0 unspecified atom stereocenters. The van der Waals surface area contributed by atoms with Crippen molar-refractivity contribution in [3.05, 3.63) is 35.7 Å². The lowest BCUT2D eigenvalue weighted by atomic mass is 10.2. The minimum atomic E-state index is 0.355. The average Bonchev–Trinajstić information content (AvgIpc) is 2.16. The van der Waals surface area contributed by atoms with E-state index in [-0.39, 0.29) is 0 Å². The van der Waals surface area contributed by atoms with Gasteiger partial charge in [0.1, 0.15) is 0 Å². The largest absolute Gasteiger partial charge is 0.594 e. The van der Waals surface area contributed by atoms with Crippen LogP contribution in [-0.4, -0.2) is 12.2 Å². The minimum absolute atomic E-state index is 0.355. The molecule has 1 heterocycles. The van der Waals surface area contributed by atoms with Crippen LogP contribution in [0.1, 0.15) is 0 Å². The molecule has 0 aliphatic heterocycles. The average molecular weight is 176 g/mol. The zero-order valence-electron chi connectivity index (χ0n) is 7.10. The SMILES string of the molecule is COc1n[n+]([O-])cc2ccccc12. The number of rotatable bonds is 1. The van der Waals surface area contributed by atoms with Crippen molar-refractivity contribution in [2.75, 3.05) is 7.11 Å². The fraction of sp³-hybridized carbons (Fsp3) is 0.111. The van der Waals surface area contributed by atoms with Crippen molar-refractivity contribution in [2.45, 2.75) is 0 Å². The first-order valence-corrected chi connectivity index (χ1v) is 3.84. The van der Waals surface area contributed by atoms with Crippen molar-refractivity contribution >= 4 is 10.8 Å². The molecule has 0 fully saturated rings. The van der Waals surface area contributed by atoms with Gasteiger partial charge in [0.15, 0.2) is 0 Å². The molecule has 2 aromatic rings. The Morgan fingerprint density at radius 1 is 1.38 bits per heavy atom. The van der Waals surface area contributed by atoms with E-state index in [0.717, 1.165) is 10.8 Å². The zero-order chi connectivity index (χ0) is 9.26. The summed E-state index contributed by atoms with van der Waals surface area (Å²) in [5.74, 6) is 0.355. The fourth-order valence-corrected chi connectivity index (χ4v) is 1.25. The van der Waals surface area contributed by atoms with Crippen LogP contribution in [0.2, 0.25) is 0 Å². The Labute approximate surface area is 75.0 Å². The van der Waals surface area contributed by atoms with Crippen molar-refractivity contribution in [1.82, 2.24) is 5.10 Å². The van der Waals surface area contributed by atoms with Gasteiger partial charge in [-0.3, -0.25) is 0 Å². The summed E-state index contributed by atoms with van der Waals surface area (Å²) in [4.78, 5) is 0.501. The Morgan fingerprint density at radius 3 is 2.92 bits per heavy atom. The minimum Gasteiger partial charge on any atom is -0.594 e. The van der Waals surface area contributed by atoms with E-state index in [9.17, 15) is 5.21 Å². The van der Waals surface area contributed by atoms with Crippen molar-refractivity contribution in [3.63, 3.8) is 0 Å². The number of nitrogens with zero attached hydrogens (tertiary/aromatic N) is 2. The van der Waals surface area contributed by atoms with E-state index in [0.29, 0.717) is 10.7 Å². The first kappa shape index (κ1) is 7.79. The first-order valence-electron chi connectivity index (χ1n) is 3.84. The van der Waals surface area contributed by atoms with Crippen molar-refractivity contribution in [3.8, 4) is 5.88 Å². The van der Waals surface area contributed by atoms with Crippen LogP contribution in [0.15, 0.2) is 30.5 Å². The lowest BCUT2D eigenvalue weighted by Crippen LogP contribution is -2.30. The van der Waals surface area contributed by atoms with Gasteiger partial charge in [-0.05, 0) is 12.1 Å². The van der Waals surface area contributed by atoms with E-state index < -0.39 is 0 Å². The van der Waals surface area contributed by atoms with Crippen LogP contribution in [0.5, 0.6) is 5.88 Å². The topological polar surface area (TPSA) is 49.1 Å². The van der Waals surface area contributed by atoms with E-state index >= 15 is 0 Å². The van der Waals surface area contributed by atoms with Gasteiger partial charge >= 0.3 is 0 Å². The van der Waals surface area contributed by atoms with Crippen LogP contribution in [0, 0.1) is 5.21 Å². The second kappa shape index (κ2) is 2.90. The normalized spacial score (nSPS) is 10.2. The molecule has 4 nitrogen and oxygen atoms in total. The second-order valence-corrected chi connectivity index (χ2v) is 2.63. The molecule has 0 aliphatic rings. The summed E-state index contributed by atoms with van der Waals surface area (Å²) in [7, 11) is 1.49. The molecule has 66 valence electrons. The predicted molar refractivity (Wildman–Crippen MR) is 47.3 cm³/mol. The van der Waals surface area contributed by atoms with Crippen LogP contribution < -0.4 is 9.58 Å². The Hall–Kier alpha value is -1.84. The van der Waals surface area contributed by atoms with Crippen molar-refractivity contribution in [1.29, 1.82) is 0 Å². The third-order valence-corrected chi connectivity index (χ3v) is 1.82. The fourth-order valence-electron chi connectivity index (χ4n) is 1.25. The van der Waals surface area contributed by atoms with Gasteiger partial charge in [-0.15, -0.1) is 0 Å². The molecule has 4 heteroatoms. The van der Waals surface area contributed by atoms with Crippen LogP contribution in [0.4, 0.5) is 0 Å². The van der Waals surface area contributed by atoms with Gasteiger partial charge in [-0.25, -0.2) is 0 Å². The highest BCUT2D eigenvalue weighted by molar-refractivity contribution is 5.85. The van der Waals surface area contributed by atoms with E-state index in [4.69, 9.17) is 4.74 Å². The summed E-state index contributed by atoms with van der Waals surface area (Å²) in [6.07, 6.45) is 1.41. The molecule has 1 aromatic carbocycles. The van der Waals surface area contributed by atoms with Gasteiger partial charge in [-0.2, -0.15) is 0 Å². The summed E-state index contributed by atoms with van der Waals surface area (Å²) in [5.41, 5.74) is 0. The Balaban J connectivity index is 2.81. The lowest BCUT2D eigenvalue weighted by molar-refractivity contribution is -0.668. The Bertz CT molecular complexity index is 443. The van der Waals surface area contributed by atoms with Gasteiger partial charge in [0.2, 0.25) is 6.20 Å². The maximum absolute atomic E-state index is 11.0. The molecule has 0 radical (unpaired) electrons. The molecule has 0 saturated carbocycles. The number of fused-ring (bicyclic) bond motifs is 1. The van der Waals surface area contributed by atoms with Crippen molar-refractivity contribution < 1.29 is 9.58 Å². The van der Waals surface area contributed by atoms with Crippen LogP contribution >= 0.6 is 0 Å². The molecule has 13 heavy (non-hydrogen) atoms. The molecule has 2 rings (SSSR count). The highest BCUT2D eigenvalue weighted by Crippen LogP contribution is 2.19. The van der Waals surface area contributed by atoms with Gasteiger partial charge in [0, 0.05) is 0 Å². The van der Waals surface area contributed by atoms with E-state index in [1.807, 2.05) is 24.3 Å². The van der Waals surface area contributed by atoms with Crippen molar-refractivity contribution in [2.24, 2.45) is 0 Å². The lowest BCUT2D eigenvalue weighted by Gasteiger charge is -2.01. The number of hydrogen-bond acceptors (Lipinski definition) is 3. The highest BCUT2D eigenvalue weighted by Gasteiger charge is 2.07. The molecule has 0 bridgehead atoms. The van der Waals surface area contributed by atoms with Gasteiger partial charge in [0.25, 0.3) is 5.88 Å². The van der Waals surface area contributed by atoms with Gasteiger partial charge in [-0.1, -0.05) is 17.0 Å². The Morgan fingerprint density at radius 2 is 2.15 bits per heavy atom. The molecule has 0 atom stereocenters. The molecular formula is C9H8N2O2. The number of aromatic nitrogens is 2. The smallest absolute Gasteiger partial charge is 0.288 e. The number of benzene rings is 1. The molecule has 0 N–H and O–H groups in total. The van der Waals surface area contributed by atoms with E-state index in [2.05, 4.69) is 5.10 Å². The third kappa shape index (κ3) is 1.26. The molecular weight excluding hydrogens is 168 g/mol. The molecule has 0 spiro atoms. The number of methoxy groups -OCH3 is 1. The molecule has 0 saturated heterocycles. The molecule has 0 aliphatic carbocycles. The van der Waals surface area contributed by atoms with Crippen LogP contribution in [0.25, 0.3) is 10.8 Å². The monoisotopic (exact) mass is 176 g/mol. The summed E-state index contributed by atoms with van der Waals surface area (Å²) in [5, 5.41) is 16.3. The standard InChI is InChI=1S/C9H8N2O2/c1-13-9-8-5-3-2-4-7(8)6-11(12)10-9/h2-6H,1H3. The van der Waals surface area contributed by atoms with Gasteiger partial charge < -0.3 is 9.94 Å².